The Hall–Kier alpha value is -0.900. The molecule has 2 aromatic heterocycles. The summed E-state index contributed by atoms with van der Waals surface area (Å²) in [5.41, 5.74) is 5.88. The zero-order valence-electron chi connectivity index (χ0n) is 9.61. The van der Waals surface area contributed by atoms with Crippen molar-refractivity contribution in [2.24, 2.45) is 0 Å². The van der Waals surface area contributed by atoms with E-state index in [-0.39, 0.29) is 0 Å². The first-order valence-electron chi connectivity index (χ1n) is 5.93. The molecule has 2 aromatic rings. The van der Waals surface area contributed by atoms with Gasteiger partial charge in [-0.25, -0.2) is 0 Å². The van der Waals surface area contributed by atoms with Gasteiger partial charge in [0.2, 0.25) is 0 Å². The summed E-state index contributed by atoms with van der Waals surface area (Å²) in [6, 6.07) is 4.49. The van der Waals surface area contributed by atoms with Crippen LogP contribution < -0.4 is 5.32 Å². The van der Waals surface area contributed by atoms with Crippen molar-refractivity contribution < 1.29 is 0 Å². The van der Waals surface area contributed by atoms with E-state index in [0.29, 0.717) is 0 Å². The average Bonchev–Trinajstić information content (AvgIpc) is 3.04. The Morgan fingerprint density at radius 3 is 2.00 bits per heavy atom. The van der Waals surface area contributed by atoms with Crippen LogP contribution in [0.15, 0.2) is 39.2 Å². The number of rotatable bonds is 2. The minimum Gasteiger partial charge on any atom is -0.316 e. The van der Waals surface area contributed by atoms with Crippen LogP contribution in [0, 0.1) is 0 Å². The van der Waals surface area contributed by atoms with E-state index in [1.807, 2.05) is 0 Å². The molecule has 0 radical (unpaired) electrons. The summed E-state index contributed by atoms with van der Waals surface area (Å²) in [5.74, 6) is 0. The summed E-state index contributed by atoms with van der Waals surface area (Å²) in [4.78, 5) is 0. The first kappa shape index (κ1) is 11.2. The van der Waals surface area contributed by atoms with Gasteiger partial charge in [-0.15, -0.1) is 0 Å². The Labute approximate surface area is 110 Å². The smallest absolute Gasteiger partial charge is 0.00111 e. The zero-order chi connectivity index (χ0) is 11.5. The van der Waals surface area contributed by atoms with Crippen molar-refractivity contribution in [2.45, 2.75) is 12.8 Å². The van der Waals surface area contributed by atoms with Gasteiger partial charge >= 0.3 is 0 Å². The summed E-state index contributed by atoms with van der Waals surface area (Å²) < 4.78 is 0. The zero-order valence-corrected chi connectivity index (χ0v) is 11.2. The number of hydrogen-bond acceptors (Lipinski definition) is 3. The third-order valence-electron chi connectivity index (χ3n) is 3.18. The Kier molecular flexibility index (Phi) is 3.41. The largest absolute Gasteiger partial charge is 0.316 e. The third kappa shape index (κ3) is 2.37. The fourth-order valence-electron chi connectivity index (χ4n) is 2.37. The van der Waals surface area contributed by atoms with E-state index in [9.17, 15) is 0 Å². The maximum atomic E-state index is 3.43. The monoisotopic (exact) mass is 261 g/mol. The van der Waals surface area contributed by atoms with E-state index in [2.05, 4.69) is 39.0 Å². The number of nitrogens with one attached hydrogen (secondary N) is 1. The molecule has 1 nitrogen and oxygen atoms in total. The van der Waals surface area contributed by atoms with Crippen molar-refractivity contribution in [2.75, 3.05) is 13.1 Å². The van der Waals surface area contributed by atoms with Gasteiger partial charge < -0.3 is 5.32 Å². The Morgan fingerprint density at radius 1 is 0.941 bits per heavy atom. The molecule has 3 heterocycles. The highest BCUT2D eigenvalue weighted by Gasteiger charge is 2.14. The second-order valence-electron chi connectivity index (χ2n) is 4.25. The lowest BCUT2D eigenvalue weighted by Crippen LogP contribution is -2.23. The van der Waals surface area contributed by atoms with Crippen LogP contribution in [-0.4, -0.2) is 13.1 Å². The van der Waals surface area contributed by atoms with Crippen molar-refractivity contribution >= 4 is 28.2 Å². The van der Waals surface area contributed by atoms with Crippen molar-refractivity contribution in [1.29, 1.82) is 0 Å². The quantitative estimate of drug-likeness (QED) is 0.861. The van der Waals surface area contributed by atoms with Crippen LogP contribution >= 0.6 is 22.7 Å². The molecule has 3 heteroatoms. The van der Waals surface area contributed by atoms with E-state index in [0.717, 1.165) is 13.1 Å². The number of hydrogen-bond donors (Lipinski definition) is 1. The molecule has 1 N–H and O–H groups in total. The van der Waals surface area contributed by atoms with Gasteiger partial charge in [0.25, 0.3) is 0 Å². The van der Waals surface area contributed by atoms with Crippen LogP contribution in [0.3, 0.4) is 0 Å². The molecule has 0 saturated carbocycles. The van der Waals surface area contributed by atoms with E-state index < -0.39 is 0 Å². The molecular formula is C14H15NS2. The molecule has 0 aromatic carbocycles. The normalized spacial score (nSPS) is 16.1. The van der Waals surface area contributed by atoms with Gasteiger partial charge in [-0.2, -0.15) is 22.7 Å². The van der Waals surface area contributed by atoms with E-state index in [1.54, 1.807) is 28.2 Å². The first-order valence-corrected chi connectivity index (χ1v) is 7.81. The first-order chi connectivity index (χ1) is 8.45. The second-order valence-corrected chi connectivity index (χ2v) is 5.81. The molecule has 0 bridgehead atoms. The van der Waals surface area contributed by atoms with Crippen LogP contribution in [0.5, 0.6) is 0 Å². The standard InChI is InChI=1S/C14H15NS2/c1-5-15-6-2-11(1)14(12-3-7-16-9-12)13-4-8-17-10-13/h3-4,7-10,15H,1-2,5-6H2. The molecule has 0 atom stereocenters. The van der Waals surface area contributed by atoms with E-state index in [4.69, 9.17) is 0 Å². The molecule has 17 heavy (non-hydrogen) atoms. The average molecular weight is 261 g/mol. The molecule has 0 amide bonds. The van der Waals surface area contributed by atoms with Gasteiger partial charge in [0.1, 0.15) is 0 Å². The molecule has 0 spiro atoms. The second kappa shape index (κ2) is 5.17. The summed E-state index contributed by atoms with van der Waals surface area (Å²) in [7, 11) is 0. The molecular weight excluding hydrogens is 246 g/mol. The van der Waals surface area contributed by atoms with Gasteiger partial charge in [-0.05, 0) is 76.3 Å². The van der Waals surface area contributed by atoms with Crippen molar-refractivity contribution in [3.05, 3.63) is 50.4 Å². The van der Waals surface area contributed by atoms with Crippen LogP contribution in [-0.2, 0) is 0 Å². The van der Waals surface area contributed by atoms with Crippen molar-refractivity contribution in [3.8, 4) is 0 Å². The predicted molar refractivity (Wildman–Crippen MR) is 76.8 cm³/mol. The van der Waals surface area contributed by atoms with Gasteiger partial charge in [0.05, 0.1) is 0 Å². The van der Waals surface area contributed by atoms with Crippen LogP contribution in [0.2, 0.25) is 0 Å². The lowest BCUT2D eigenvalue weighted by molar-refractivity contribution is 0.611. The highest BCUT2D eigenvalue weighted by Crippen LogP contribution is 2.33. The fourth-order valence-corrected chi connectivity index (χ4v) is 3.66. The maximum Gasteiger partial charge on any atom is -0.00111 e. The molecule has 88 valence electrons. The van der Waals surface area contributed by atoms with Gasteiger partial charge in [0, 0.05) is 0 Å². The van der Waals surface area contributed by atoms with Crippen LogP contribution in [0.4, 0.5) is 0 Å². The topological polar surface area (TPSA) is 12.0 Å². The summed E-state index contributed by atoms with van der Waals surface area (Å²) in [6.07, 6.45) is 2.36. The molecule has 3 rings (SSSR count). The molecule has 1 aliphatic rings. The lowest BCUT2D eigenvalue weighted by atomic mass is 9.91. The van der Waals surface area contributed by atoms with E-state index in [1.165, 1.54) is 29.5 Å². The highest BCUT2D eigenvalue weighted by molar-refractivity contribution is 7.08. The third-order valence-corrected chi connectivity index (χ3v) is 4.55. The summed E-state index contributed by atoms with van der Waals surface area (Å²) in [5, 5.41) is 12.3. The molecule has 1 saturated heterocycles. The van der Waals surface area contributed by atoms with Gasteiger partial charge in [-0.3, -0.25) is 0 Å². The van der Waals surface area contributed by atoms with Crippen molar-refractivity contribution in [1.82, 2.24) is 5.32 Å². The van der Waals surface area contributed by atoms with Gasteiger partial charge in [0.15, 0.2) is 0 Å². The minimum absolute atomic E-state index is 1.12. The Morgan fingerprint density at radius 2 is 1.53 bits per heavy atom. The van der Waals surface area contributed by atoms with Crippen LogP contribution in [0.1, 0.15) is 24.0 Å². The Balaban J connectivity index is 2.08. The van der Waals surface area contributed by atoms with E-state index >= 15 is 0 Å². The maximum absolute atomic E-state index is 3.43. The molecule has 1 fully saturated rings. The summed E-state index contributed by atoms with van der Waals surface area (Å²) in [6.45, 7) is 2.24. The predicted octanol–water partition coefficient (Wildman–Crippen LogP) is 3.99. The number of thiophene rings is 2. The SMILES string of the molecule is c1cc(C(=C2CCNCC2)c2ccsc2)cs1. The minimum atomic E-state index is 1.12. The molecule has 1 aliphatic heterocycles. The number of piperidine rings is 1. The Bertz CT molecular complexity index is 450. The molecule has 0 unspecified atom stereocenters. The highest BCUT2D eigenvalue weighted by atomic mass is 32.1. The van der Waals surface area contributed by atoms with Gasteiger partial charge in [-0.1, -0.05) is 5.57 Å². The lowest BCUT2D eigenvalue weighted by Gasteiger charge is -2.19. The van der Waals surface area contributed by atoms with Crippen molar-refractivity contribution in [3.63, 3.8) is 0 Å². The molecule has 0 aliphatic carbocycles. The summed E-state index contributed by atoms with van der Waals surface area (Å²) >= 11 is 3.57. The fraction of sp³-hybridized carbons (Fsp3) is 0.286. The van der Waals surface area contributed by atoms with Crippen LogP contribution in [0.25, 0.3) is 5.57 Å².